The Morgan fingerprint density at radius 2 is 1.70 bits per heavy atom. The quantitative estimate of drug-likeness (QED) is 0.810. The molecule has 5 nitrogen and oxygen atoms in total. The lowest BCUT2D eigenvalue weighted by Gasteiger charge is -2.15. The van der Waals surface area contributed by atoms with Gasteiger partial charge in [0, 0.05) is 11.1 Å². The van der Waals surface area contributed by atoms with Crippen LogP contribution in [0.25, 0.3) is 0 Å². The van der Waals surface area contributed by atoms with Crippen LogP contribution in [0.1, 0.15) is 32.4 Å². The highest BCUT2D eigenvalue weighted by atomic mass is 16.5. The first-order valence-electron chi connectivity index (χ1n) is 6.22. The van der Waals surface area contributed by atoms with Gasteiger partial charge in [-0.1, -0.05) is 12.1 Å². The largest absolute Gasteiger partial charge is 0.497 e. The maximum absolute atomic E-state index is 11.9. The Morgan fingerprint density at radius 3 is 2.15 bits per heavy atom. The summed E-state index contributed by atoms with van der Waals surface area (Å²) in [4.78, 5) is 22.8. The molecule has 0 fully saturated rings. The average Bonchev–Trinajstić information content (AvgIpc) is 2.45. The van der Waals surface area contributed by atoms with Crippen LogP contribution >= 0.6 is 0 Å². The van der Waals surface area contributed by atoms with E-state index in [9.17, 15) is 9.59 Å². The molecule has 0 spiro atoms. The number of carboxylic acid groups (broad SMARTS) is 1. The number of ether oxygens (including phenoxy) is 1. The highest BCUT2D eigenvalue weighted by Crippen LogP contribution is 2.17. The first kappa shape index (κ1) is 15.8. The van der Waals surface area contributed by atoms with E-state index in [1.165, 1.54) is 13.8 Å². The van der Waals surface area contributed by atoms with Gasteiger partial charge < -0.3 is 15.2 Å². The molecule has 1 unspecified atom stereocenters. The number of amides is 1. The Kier molecular flexibility index (Phi) is 5.32. The minimum Gasteiger partial charge on any atom is -0.497 e. The average molecular weight is 277 g/mol. The minimum atomic E-state index is -1.09. The lowest BCUT2D eigenvalue weighted by atomic mass is 10.1. The van der Waals surface area contributed by atoms with E-state index in [2.05, 4.69) is 5.32 Å². The standard InChI is InChI=1S/C15H19NO4/c1-9(10(2)15(18)19)14(17)16-11(3)12-5-7-13(20-4)8-6-12/h5-8,11H,1-4H3,(H,16,17)(H,18,19). The molecule has 0 saturated carbocycles. The van der Waals surface area contributed by atoms with Crippen LogP contribution in [0.3, 0.4) is 0 Å². The van der Waals surface area contributed by atoms with E-state index < -0.39 is 5.97 Å². The maximum atomic E-state index is 11.9. The number of carbonyl (C=O) groups is 2. The third-order valence-electron chi connectivity index (χ3n) is 3.19. The van der Waals surface area contributed by atoms with Crippen molar-refractivity contribution in [1.82, 2.24) is 5.32 Å². The molecule has 1 rings (SSSR count). The summed E-state index contributed by atoms with van der Waals surface area (Å²) in [6, 6.07) is 7.11. The summed E-state index contributed by atoms with van der Waals surface area (Å²) in [5.41, 5.74) is 1.17. The van der Waals surface area contributed by atoms with Gasteiger partial charge in [0.15, 0.2) is 0 Å². The molecule has 0 aromatic heterocycles. The SMILES string of the molecule is COc1ccc(C(C)NC(=O)C(C)=C(C)C(=O)O)cc1. The molecule has 0 aliphatic heterocycles. The van der Waals surface area contributed by atoms with Gasteiger partial charge in [0.25, 0.3) is 0 Å². The molecule has 1 amide bonds. The van der Waals surface area contributed by atoms with Crippen LogP contribution in [0.15, 0.2) is 35.4 Å². The Balaban J connectivity index is 2.79. The molecular weight excluding hydrogens is 258 g/mol. The molecular formula is C15H19NO4. The highest BCUT2D eigenvalue weighted by Gasteiger charge is 2.15. The normalized spacial score (nSPS) is 13.2. The van der Waals surface area contributed by atoms with Gasteiger partial charge in [-0.2, -0.15) is 0 Å². The summed E-state index contributed by atoms with van der Waals surface area (Å²) in [6.07, 6.45) is 0. The summed E-state index contributed by atoms with van der Waals surface area (Å²) in [5.74, 6) is -0.729. The number of hydrogen-bond acceptors (Lipinski definition) is 3. The van der Waals surface area contributed by atoms with Crippen molar-refractivity contribution in [1.29, 1.82) is 0 Å². The third-order valence-corrected chi connectivity index (χ3v) is 3.19. The number of rotatable bonds is 5. The van der Waals surface area contributed by atoms with Gasteiger partial charge in [-0.05, 0) is 38.5 Å². The topological polar surface area (TPSA) is 75.6 Å². The van der Waals surface area contributed by atoms with Crippen LogP contribution < -0.4 is 10.1 Å². The molecule has 108 valence electrons. The van der Waals surface area contributed by atoms with Gasteiger partial charge in [0.05, 0.1) is 13.2 Å². The van der Waals surface area contributed by atoms with Crippen LogP contribution in [-0.2, 0) is 9.59 Å². The molecule has 0 aliphatic rings. The first-order valence-corrected chi connectivity index (χ1v) is 6.22. The van der Waals surface area contributed by atoms with Crippen molar-refractivity contribution >= 4 is 11.9 Å². The Morgan fingerprint density at radius 1 is 1.15 bits per heavy atom. The Hall–Kier alpha value is -2.30. The van der Waals surface area contributed by atoms with Gasteiger partial charge in [0.1, 0.15) is 5.75 Å². The Bertz CT molecular complexity index is 531. The molecule has 0 radical (unpaired) electrons. The van der Waals surface area contributed by atoms with Crippen LogP contribution in [0, 0.1) is 0 Å². The van der Waals surface area contributed by atoms with Crippen molar-refractivity contribution in [3.8, 4) is 5.75 Å². The van der Waals surface area contributed by atoms with Crippen molar-refractivity contribution in [2.45, 2.75) is 26.8 Å². The number of aliphatic carboxylic acids is 1. The van der Waals surface area contributed by atoms with Gasteiger partial charge in [-0.15, -0.1) is 0 Å². The predicted octanol–water partition coefficient (Wildman–Crippen LogP) is 2.29. The highest BCUT2D eigenvalue weighted by molar-refractivity contribution is 6.01. The van der Waals surface area contributed by atoms with Crippen LogP contribution in [0.2, 0.25) is 0 Å². The third kappa shape index (κ3) is 3.85. The van der Waals surface area contributed by atoms with E-state index in [1.54, 1.807) is 7.11 Å². The maximum Gasteiger partial charge on any atom is 0.331 e. The minimum absolute atomic E-state index is 0.0458. The van der Waals surface area contributed by atoms with E-state index >= 15 is 0 Å². The lowest BCUT2D eigenvalue weighted by Crippen LogP contribution is -2.28. The number of carbonyl (C=O) groups excluding carboxylic acids is 1. The number of carboxylic acids is 1. The van der Waals surface area contributed by atoms with Crippen molar-refractivity contribution in [2.75, 3.05) is 7.11 Å². The second-order valence-electron chi connectivity index (χ2n) is 4.52. The molecule has 1 aromatic carbocycles. The summed E-state index contributed by atoms with van der Waals surface area (Å²) in [5, 5.41) is 11.6. The van der Waals surface area contributed by atoms with E-state index in [1.807, 2.05) is 31.2 Å². The van der Waals surface area contributed by atoms with Gasteiger partial charge in [-0.25, -0.2) is 4.79 Å². The number of benzene rings is 1. The fraction of sp³-hybridized carbons (Fsp3) is 0.333. The van der Waals surface area contributed by atoms with Gasteiger partial charge >= 0.3 is 5.97 Å². The van der Waals surface area contributed by atoms with Crippen LogP contribution in [0.4, 0.5) is 0 Å². The zero-order chi connectivity index (χ0) is 15.3. The zero-order valence-electron chi connectivity index (χ0n) is 12.1. The molecule has 1 aromatic rings. The summed E-state index contributed by atoms with van der Waals surface area (Å²) in [6.45, 7) is 4.75. The molecule has 2 N–H and O–H groups in total. The van der Waals surface area contributed by atoms with Gasteiger partial charge in [-0.3, -0.25) is 4.79 Å². The summed E-state index contributed by atoms with van der Waals surface area (Å²) < 4.78 is 5.07. The molecule has 0 aliphatic carbocycles. The second-order valence-corrected chi connectivity index (χ2v) is 4.52. The van der Waals surface area contributed by atoms with E-state index in [0.29, 0.717) is 0 Å². The number of hydrogen-bond donors (Lipinski definition) is 2. The van der Waals surface area contributed by atoms with Crippen molar-refractivity contribution in [3.05, 3.63) is 41.0 Å². The molecule has 0 heterocycles. The summed E-state index contributed by atoms with van der Waals surface area (Å²) >= 11 is 0. The van der Waals surface area contributed by atoms with Crippen LogP contribution in [0.5, 0.6) is 5.75 Å². The zero-order valence-corrected chi connectivity index (χ0v) is 12.1. The fourth-order valence-corrected chi connectivity index (χ4v) is 1.61. The smallest absolute Gasteiger partial charge is 0.331 e. The molecule has 5 heteroatoms. The Labute approximate surface area is 118 Å². The number of methoxy groups -OCH3 is 1. The van der Waals surface area contributed by atoms with Gasteiger partial charge in [0.2, 0.25) is 5.91 Å². The van der Waals surface area contributed by atoms with Crippen molar-refractivity contribution in [3.63, 3.8) is 0 Å². The number of nitrogens with one attached hydrogen (secondary N) is 1. The first-order chi connectivity index (χ1) is 9.36. The molecule has 0 bridgehead atoms. The molecule has 1 atom stereocenters. The van der Waals surface area contributed by atoms with Crippen molar-refractivity contribution in [2.24, 2.45) is 0 Å². The summed E-state index contributed by atoms with van der Waals surface area (Å²) in [7, 11) is 1.59. The second kappa shape index (κ2) is 6.75. The van der Waals surface area contributed by atoms with Crippen LogP contribution in [-0.4, -0.2) is 24.1 Å². The molecule has 0 saturated heterocycles. The predicted molar refractivity (Wildman–Crippen MR) is 75.6 cm³/mol. The van der Waals surface area contributed by atoms with Crippen molar-refractivity contribution < 1.29 is 19.4 Å². The van der Waals surface area contributed by atoms with E-state index in [-0.39, 0.29) is 23.1 Å². The lowest BCUT2D eigenvalue weighted by molar-refractivity contribution is -0.133. The molecule has 20 heavy (non-hydrogen) atoms. The fourth-order valence-electron chi connectivity index (χ4n) is 1.61. The van der Waals surface area contributed by atoms with E-state index in [4.69, 9.17) is 9.84 Å². The van der Waals surface area contributed by atoms with E-state index in [0.717, 1.165) is 11.3 Å². The monoisotopic (exact) mass is 277 g/mol.